The second-order valence-corrected chi connectivity index (χ2v) is 6.17. The van der Waals surface area contributed by atoms with Gasteiger partial charge in [0.1, 0.15) is 0 Å². The third-order valence-corrected chi connectivity index (χ3v) is 3.15. The van der Waals surface area contributed by atoms with Gasteiger partial charge in [-0.25, -0.2) is 0 Å². The number of fused-ring (bicyclic) bond motifs is 1. The Kier molecular flexibility index (Phi) is 2.85. The molecule has 0 unspecified atom stereocenters. The number of nitrogens with two attached hydrogens (primary N) is 1. The molecule has 5 heteroatoms. The third kappa shape index (κ3) is 2.31. The lowest BCUT2D eigenvalue weighted by Crippen LogP contribution is -2.10. The second kappa shape index (κ2) is 4.44. The lowest BCUT2D eigenvalue weighted by Gasteiger charge is -2.16. The molecule has 0 spiro atoms. The van der Waals surface area contributed by atoms with E-state index in [9.17, 15) is 0 Å². The van der Waals surface area contributed by atoms with Crippen LogP contribution in [0, 0.1) is 5.41 Å². The van der Waals surface area contributed by atoms with Gasteiger partial charge in [-0.3, -0.25) is 0 Å². The zero-order chi connectivity index (χ0) is 14.3. The quantitative estimate of drug-likeness (QED) is 0.910. The molecule has 2 aromatic rings. The van der Waals surface area contributed by atoms with E-state index in [1.165, 1.54) is 0 Å². The molecule has 1 aromatic heterocycles. The van der Waals surface area contributed by atoms with Crippen molar-refractivity contribution >= 4 is 5.88 Å². The summed E-state index contributed by atoms with van der Waals surface area (Å²) in [5.74, 6) is 1.81. The van der Waals surface area contributed by atoms with Crippen molar-refractivity contribution in [2.24, 2.45) is 5.41 Å². The first-order chi connectivity index (χ1) is 9.44. The van der Waals surface area contributed by atoms with Crippen molar-refractivity contribution in [2.45, 2.75) is 27.2 Å². The Labute approximate surface area is 117 Å². The van der Waals surface area contributed by atoms with Gasteiger partial charge in [0.05, 0.1) is 11.3 Å². The fourth-order valence-corrected chi connectivity index (χ4v) is 2.32. The number of benzene rings is 1. The highest BCUT2D eigenvalue weighted by molar-refractivity contribution is 5.77. The molecule has 106 valence electrons. The van der Waals surface area contributed by atoms with Gasteiger partial charge in [-0.2, -0.15) is 0 Å². The number of nitrogen functional groups attached to an aromatic ring is 1. The average molecular weight is 274 g/mol. The second-order valence-electron chi connectivity index (χ2n) is 6.17. The number of ether oxygens (including phenoxy) is 2. The van der Waals surface area contributed by atoms with E-state index in [-0.39, 0.29) is 12.2 Å². The number of hydrogen-bond acceptors (Lipinski definition) is 5. The topological polar surface area (TPSA) is 70.5 Å². The number of nitrogens with zero attached hydrogens (tertiary/aromatic N) is 1. The van der Waals surface area contributed by atoms with Gasteiger partial charge in [0.2, 0.25) is 12.7 Å². The van der Waals surface area contributed by atoms with Crippen molar-refractivity contribution in [1.82, 2.24) is 5.16 Å². The minimum Gasteiger partial charge on any atom is -0.454 e. The van der Waals surface area contributed by atoms with Gasteiger partial charge < -0.3 is 19.7 Å². The SMILES string of the molecule is CC(C)(C)Cc1noc(N)c1-c1ccc2c(c1)OCO2. The molecule has 0 radical (unpaired) electrons. The maximum absolute atomic E-state index is 5.94. The van der Waals surface area contributed by atoms with Crippen molar-refractivity contribution in [1.29, 1.82) is 0 Å². The highest BCUT2D eigenvalue weighted by atomic mass is 16.7. The Bertz CT molecular complexity index is 641. The summed E-state index contributed by atoms with van der Waals surface area (Å²) < 4.78 is 15.9. The predicted molar refractivity (Wildman–Crippen MR) is 75.6 cm³/mol. The van der Waals surface area contributed by atoms with Gasteiger partial charge in [-0.05, 0) is 29.5 Å². The van der Waals surface area contributed by atoms with Gasteiger partial charge in [-0.1, -0.05) is 32.0 Å². The van der Waals surface area contributed by atoms with Crippen LogP contribution >= 0.6 is 0 Å². The summed E-state index contributed by atoms with van der Waals surface area (Å²) in [6, 6.07) is 5.74. The summed E-state index contributed by atoms with van der Waals surface area (Å²) in [6.07, 6.45) is 0.789. The molecule has 1 aliphatic rings. The molecular weight excluding hydrogens is 256 g/mol. The summed E-state index contributed by atoms with van der Waals surface area (Å²) >= 11 is 0. The van der Waals surface area contributed by atoms with Crippen molar-refractivity contribution in [3.05, 3.63) is 23.9 Å². The Balaban J connectivity index is 2.03. The van der Waals surface area contributed by atoms with E-state index in [4.69, 9.17) is 19.7 Å². The summed E-state index contributed by atoms with van der Waals surface area (Å²) in [7, 11) is 0. The maximum atomic E-state index is 5.94. The molecule has 3 rings (SSSR count). The van der Waals surface area contributed by atoms with E-state index in [2.05, 4.69) is 25.9 Å². The lowest BCUT2D eigenvalue weighted by atomic mass is 9.88. The molecule has 20 heavy (non-hydrogen) atoms. The molecule has 0 amide bonds. The smallest absolute Gasteiger partial charge is 0.231 e. The van der Waals surface area contributed by atoms with E-state index in [1.807, 2.05) is 18.2 Å². The van der Waals surface area contributed by atoms with E-state index >= 15 is 0 Å². The number of hydrogen-bond donors (Lipinski definition) is 1. The molecule has 0 atom stereocenters. The van der Waals surface area contributed by atoms with Crippen molar-refractivity contribution in [3.63, 3.8) is 0 Å². The van der Waals surface area contributed by atoms with Crippen LogP contribution < -0.4 is 15.2 Å². The lowest BCUT2D eigenvalue weighted by molar-refractivity contribution is 0.174. The third-order valence-electron chi connectivity index (χ3n) is 3.15. The summed E-state index contributed by atoms with van der Waals surface area (Å²) in [4.78, 5) is 0. The Morgan fingerprint density at radius 3 is 2.70 bits per heavy atom. The Morgan fingerprint density at radius 1 is 1.20 bits per heavy atom. The first-order valence-corrected chi connectivity index (χ1v) is 6.58. The summed E-state index contributed by atoms with van der Waals surface area (Å²) in [5, 5.41) is 4.10. The van der Waals surface area contributed by atoms with Crippen LogP contribution in [-0.2, 0) is 6.42 Å². The van der Waals surface area contributed by atoms with Crippen LogP contribution in [0.1, 0.15) is 26.5 Å². The molecule has 1 aromatic carbocycles. The molecule has 5 nitrogen and oxygen atoms in total. The zero-order valence-corrected chi connectivity index (χ0v) is 11.9. The zero-order valence-electron chi connectivity index (χ0n) is 11.9. The number of anilines is 1. The van der Waals surface area contributed by atoms with Crippen LogP contribution in [0.25, 0.3) is 11.1 Å². The standard InChI is InChI=1S/C15H18N2O3/c1-15(2,3)7-10-13(14(16)20-17-10)9-4-5-11-12(6-9)19-8-18-11/h4-6H,7-8,16H2,1-3H3. The normalized spacial score (nSPS) is 13.8. The van der Waals surface area contributed by atoms with Crippen LogP contribution in [0.15, 0.2) is 22.7 Å². The van der Waals surface area contributed by atoms with Gasteiger partial charge >= 0.3 is 0 Å². The van der Waals surface area contributed by atoms with Crippen LogP contribution in [-0.4, -0.2) is 11.9 Å². The summed E-state index contributed by atoms with van der Waals surface area (Å²) in [5.41, 5.74) is 8.69. The largest absolute Gasteiger partial charge is 0.454 e. The fraction of sp³-hybridized carbons (Fsp3) is 0.400. The van der Waals surface area contributed by atoms with Crippen LogP contribution in [0.4, 0.5) is 5.88 Å². The molecular formula is C15H18N2O3. The molecule has 1 aliphatic heterocycles. The monoisotopic (exact) mass is 274 g/mol. The van der Waals surface area contributed by atoms with Crippen molar-refractivity contribution < 1.29 is 14.0 Å². The van der Waals surface area contributed by atoms with Gasteiger partial charge in [0, 0.05) is 0 Å². The average Bonchev–Trinajstić information content (AvgIpc) is 2.93. The Morgan fingerprint density at radius 2 is 1.95 bits per heavy atom. The first-order valence-electron chi connectivity index (χ1n) is 6.58. The number of aromatic nitrogens is 1. The molecule has 2 heterocycles. The highest BCUT2D eigenvalue weighted by Crippen LogP contribution is 2.39. The van der Waals surface area contributed by atoms with Gasteiger partial charge in [0.15, 0.2) is 11.5 Å². The predicted octanol–water partition coefficient (Wildman–Crippen LogP) is 3.24. The van der Waals surface area contributed by atoms with E-state index < -0.39 is 0 Å². The molecule has 2 N–H and O–H groups in total. The molecule has 0 saturated carbocycles. The minimum atomic E-state index is 0.106. The van der Waals surface area contributed by atoms with Crippen molar-refractivity contribution in [2.75, 3.05) is 12.5 Å². The molecule has 0 fully saturated rings. The van der Waals surface area contributed by atoms with E-state index in [0.29, 0.717) is 5.88 Å². The van der Waals surface area contributed by atoms with Gasteiger partial charge in [0.25, 0.3) is 0 Å². The minimum absolute atomic E-state index is 0.106. The van der Waals surface area contributed by atoms with Gasteiger partial charge in [-0.15, -0.1) is 0 Å². The highest BCUT2D eigenvalue weighted by Gasteiger charge is 2.23. The fourth-order valence-electron chi connectivity index (χ4n) is 2.32. The Hall–Kier alpha value is -2.17. The van der Waals surface area contributed by atoms with Crippen molar-refractivity contribution in [3.8, 4) is 22.6 Å². The molecule has 0 saturated heterocycles. The maximum Gasteiger partial charge on any atom is 0.231 e. The first kappa shape index (κ1) is 12.8. The van der Waals surface area contributed by atoms with Crippen LogP contribution in [0.3, 0.4) is 0 Å². The van der Waals surface area contributed by atoms with E-state index in [0.717, 1.165) is 34.7 Å². The van der Waals surface area contributed by atoms with Crippen LogP contribution in [0.5, 0.6) is 11.5 Å². The summed E-state index contributed by atoms with van der Waals surface area (Å²) in [6.45, 7) is 6.72. The van der Waals surface area contributed by atoms with E-state index in [1.54, 1.807) is 0 Å². The molecule has 0 aliphatic carbocycles. The van der Waals surface area contributed by atoms with Crippen LogP contribution in [0.2, 0.25) is 0 Å². The number of rotatable bonds is 2. The molecule has 0 bridgehead atoms.